The minimum absolute atomic E-state index is 0.258. The molecule has 86 valence electrons. The number of hydrogen-bond donors (Lipinski definition) is 2. The van der Waals surface area contributed by atoms with Gasteiger partial charge < -0.3 is 15.0 Å². The zero-order chi connectivity index (χ0) is 11.7. The molecule has 0 aliphatic carbocycles. The number of hydrogen-bond acceptors (Lipinski definition) is 2. The second-order valence-electron chi connectivity index (χ2n) is 3.77. The van der Waals surface area contributed by atoms with Crippen LogP contribution in [0.2, 0.25) is 5.02 Å². The SMILES string of the molecule is CNC(C)c1cc2c(Cl)ccc(OC)c2[nH]1. The first-order valence-electron chi connectivity index (χ1n) is 5.19. The largest absolute Gasteiger partial charge is 0.495 e. The zero-order valence-corrected chi connectivity index (χ0v) is 10.4. The molecule has 0 aliphatic heterocycles. The van der Waals surface area contributed by atoms with Crippen molar-refractivity contribution in [2.45, 2.75) is 13.0 Å². The fourth-order valence-corrected chi connectivity index (χ4v) is 1.95. The van der Waals surface area contributed by atoms with E-state index in [1.165, 1.54) is 0 Å². The number of methoxy groups -OCH3 is 1. The molecule has 2 rings (SSSR count). The number of aromatic nitrogens is 1. The molecule has 2 N–H and O–H groups in total. The Morgan fingerprint density at radius 1 is 1.44 bits per heavy atom. The van der Waals surface area contributed by atoms with Gasteiger partial charge in [-0.1, -0.05) is 11.6 Å². The van der Waals surface area contributed by atoms with Crippen LogP contribution in [0.3, 0.4) is 0 Å². The van der Waals surface area contributed by atoms with Gasteiger partial charge in [0.05, 0.1) is 17.6 Å². The van der Waals surface area contributed by atoms with E-state index in [0.29, 0.717) is 0 Å². The van der Waals surface area contributed by atoms with Gasteiger partial charge in [0.25, 0.3) is 0 Å². The third-order valence-corrected chi connectivity index (χ3v) is 3.17. The highest BCUT2D eigenvalue weighted by molar-refractivity contribution is 6.35. The first kappa shape index (κ1) is 11.3. The molecule has 0 saturated carbocycles. The van der Waals surface area contributed by atoms with Gasteiger partial charge >= 0.3 is 0 Å². The van der Waals surface area contributed by atoms with Gasteiger partial charge in [0.15, 0.2) is 0 Å². The molecule has 4 heteroatoms. The molecule has 0 spiro atoms. The molecule has 1 aromatic heterocycles. The lowest BCUT2D eigenvalue weighted by Gasteiger charge is -2.06. The maximum absolute atomic E-state index is 6.15. The monoisotopic (exact) mass is 238 g/mol. The van der Waals surface area contributed by atoms with Crippen LogP contribution in [0.25, 0.3) is 10.9 Å². The second-order valence-corrected chi connectivity index (χ2v) is 4.18. The normalized spacial score (nSPS) is 13.0. The Morgan fingerprint density at radius 3 is 2.81 bits per heavy atom. The lowest BCUT2D eigenvalue weighted by molar-refractivity contribution is 0.419. The summed E-state index contributed by atoms with van der Waals surface area (Å²) in [6.07, 6.45) is 0. The van der Waals surface area contributed by atoms with Crippen LogP contribution >= 0.6 is 11.6 Å². The fourth-order valence-electron chi connectivity index (χ4n) is 1.74. The molecule has 2 aromatic rings. The Kier molecular flexibility index (Phi) is 3.08. The summed E-state index contributed by atoms with van der Waals surface area (Å²) in [5.74, 6) is 0.814. The van der Waals surface area contributed by atoms with Crippen molar-refractivity contribution in [3.8, 4) is 5.75 Å². The highest BCUT2D eigenvalue weighted by Crippen LogP contribution is 2.32. The van der Waals surface area contributed by atoms with Crippen molar-refractivity contribution in [1.29, 1.82) is 0 Å². The second kappa shape index (κ2) is 4.36. The van der Waals surface area contributed by atoms with Crippen LogP contribution in [0.15, 0.2) is 18.2 Å². The predicted octanol–water partition coefficient (Wildman–Crippen LogP) is 3.11. The van der Waals surface area contributed by atoms with E-state index in [4.69, 9.17) is 16.3 Å². The number of fused-ring (bicyclic) bond motifs is 1. The quantitative estimate of drug-likeness (QED) is 0.862. The molecular formula is C12H15ClN2O. The summed E-state index contributed by atoms with van der Waals surface area (Å²) in [5, 5.41) is 4.92. The van der Waals surface area contributed by atoms with Gasteiger partial charge in [0.1, 0.15) is 5.75 Å². The van der Waals surface area contributed by atoms with Crippen molar-refractivity contribution in [3.05, 3.63) is 28.9 Å². The van der Waals surface area contributed by atoms with Crippen LogP contribution < -0.4 is 10.1 Å². The van der Waals surface area contributed by atoms with Crippen LogP contribution in [0.1, 0.15) is 18.7 Å². The summed E-state index contributed by atoms with van der Waals surface area (Å²) in [6, 6.07) is 6.04. The van der Waals surface area contributed by atoms with Gasteiger partial charge in [-0.15, -0.1) is 0 Å². The highest BCUT2D eigenvalue weighted by atomic mass is 35.5. The Labute approximate surface area is 99.7 Å². The lowest BCUT2D eigenvalue weighted by atomic mass is 10.2. The van der Waals surface area contributed by atoms with Crippen molar-refractivity contribution >= 4 is 22.5 Å². The van der Waals surface area contributed by atoms with Crippen LogP contribution in [-0.4, -0.2) is 19.1 Å². The summed E-state index contributed by atoms with van der Waals surface area (Å²) in [5.41, 5.74) is 2.05. The van der Waals surface area contributed by atoms with Crippen LogP contribution in [0.5, 0.6) is 5.75 Å². The Hall–Kier alpha value is -1.19. The van der Waals surface area contributed by atoms with Crippen molar-refractivity contribution in [3.63, 3.8) is 0 Å². The van der Waals surface area contributed by atoms with E-state index >= 15 is 0 Å². The number of nitrogens with one attached hydrogen (secondary N) is 2. The van der Waals surface area contributed by atoms with Crippen molar-refractivity contribution in [1.82, 2.24) is 10.3 Å². The number of benzene rings is 1. The standard InChI is InChI=1S/C12H15ClN2O/c1-7(14-2)10-6-8-9(13)4-5-11(16-3)12(8)15-10/h4-7,14-15H,1-3H3. The molecule has 1 aromatic carbocycles. The fraction of sp³-hybridized carbons (Fsp3) is 0.333. The van der Waals surface area contributed by atoms with Gasteiger partial charge in [-0.25, -0.2) is 0 Å². The number of aromatic amines is 1. The van der Waals surface area contributed by atoms with Crippen LogP contribution in [-0.2, 0) is 0 Å². The molecule has 0 aliphatic rings. The summed E-state index contributed by atoms with van der Waals surface area (Å²) < 4.78 is 5.30. The summed E-state index contributed by atoms with van der Waals surface area (Å²) in [7, 11) is 3.58. The summed E-state index contributed by atoms with van der Waals surface area (Å²) in [4.78, 5) is 3.33. The van der Waals surface area contributed by atoms with E-state index in [1.807, 2.05) is 19.2 Å². The van der Waals surface area contributed by atoms with E-state index in [0.717, 1.165) is 27.4 Å². The van der Waals surface area contributed by atoms with E-state index < -0.39 is 0 Å². The number of rotatable bonds is 3. The molecule has 0 amide bonds. The number of ether oxygens (including phenoxy) is 1. The van der Waals surface area contributed by atoms with Crippen molar-refractivity contribution in [2.24, 2.45) is 0 Å². The Bertz CT molecular complexity index is 507. The molecule has 1 heterocycles. The van der Waals surface area contributed by atoms with Crippen molar-refractivity contribution < 1.29 is 4.74 Å². The number of H-pyrrole nitrogens is 1. The maximum Gasteiger partial charge on any atom is 0.143 e. The van der Waals surface area contributed by atoms with Gasteiger partial charge in [0.2, 0.25) is 0 Å². The van der Waals surface area contributed by atoms with E-state index in [9.17, 15) is 0 Å². The molecule has 0 bridgehead atoms. The van der Waals surface area contributed by atoms with Crippen LogP contribution in [0.4, 0.5) is 0 Å². The topological polar surface area (TPSA) is 37.0 Å². The number of halogens is 1. The van der Waals surface area contributed by atoms with Gasteiger partial charge in [-0.05, 0) is 32.2 Å². The molecule has 1 unspecified atom stereocenters. The van der Waals surface area contributed by atoms with Gasteiger partial charge in [-0.3, -0.25) is 0 Å². The average Bonchev–Trinajstić information content (AvgIpc) is 2.74. The van der Waals surface area contributed by atoms with E-state index in [-0.39, 0.29) is 6.04 Å². The average molecular weight is 239 g/mol. The van der Waals surface area contributed by atoms with Gasteiger partial charge in [0, 0.05) is 17.1 Å². The van der Waals surface area contributed by atoms with Gasteiger partial charge in [-0.2, -0.15) is 0 Å². The summed E-state index contributed by atoms with van der Waals surface area (Å²) in [6.45, 7) is 2.09. The third kappa shape index (κ3) is 1.77. The third-order valence-electron chi connectivity index (χ3n) is 2.84. The highest BCUT2D eigenvalue weighted by Gasteiger charge is 2.12. The zero-order valence-electron chi connectivity index (χ0n) is 9.60. The Morgan fingerprint density at radius 2 is 2.19 bits per heavy atom. The maximum atomic E-state index is 6.15. The molecule has 16 heavy (non-hydrogen) atoms. The molecule has 0 fully saturated rings. The molecule has 3 nitrogen and oxygen atoms in total. The van der Waals surface area contributed by atoms with E-state index in [2.05, 4.69) is 23.3 Å². The first-order chi connectivity index (χ1) is 7.67. The smallest absolute Gasteiger partial charge is 0.143 e. The molecule has 0 saturated heterocycles. The van der Waals surface area contributed by atoms with Crippen LogP contribution in [0, 0.1) is 0 Å². The van der Waals surface area contributed by atoms with E-state index in [1.54, 1.807) is 7.11 Å². The molecule has 1 atom stereocenters. The first-order valence-corrected chi connectivity index (χ1v) is 5.57. The Balaban J connectivity index is 2.63. The molecule has 0 radical (unpaired) electrons. The lowest BCUT2D eigenvalue weighted by Crippen LogP contribution is -2.12. The van der Waals surface area contributed by atoms with Crippen molar-refractivity contribution in [2.75, 3.05) is 14.2 Å². The predicted molar refractivity (Wildman–Crippen MR) is 67.3 cm³/mol. The minimum Gasteiger partial charge on any atom is -0.495 e. The summed E-state index contributed by atoms with van der Waals surface area (Å²) >= 11 is 6.15. The minimum atomic E-state index is 0.258. The molecular weight excluding hydrogens is 224 g/mol.